The summed E-state index contributed by atoms with van der Waals surface area (Å²) in [5, 5.41) is 3.18. The molecule has 3 saturated heterocycles. The first-order valence-electron chi connectivity index (χ1n) is 10.0. The molecule has 1 aliphatic carbocycles. The Hall–Kier alpha value is -1.39. The number of fused-ring (bicyclic) bond motifs is 1. The summed E-state index contributed by atoms with van der Waals surface area (Å²) in [7, 11) is 0. The lowest BCUT2D eigenvalue weighted by Gasteiger charge is -2.29. The molecule has 1 aromatic carbocycles. The van der Waals surface area contributed by atoms with Crippen LogP contribution in [0.2, 0.25) is 0 Å². The topological polar surface area (TPSA) is 41.6 Å². The molecular weight excluding hydrogens is 312 g/mol. The Morgan fingerprint density at radius 3 is 2.80 bits per heavy atom. The van der Waals surface area contributed by atoms with Crippen LogP contribution in [0.1, 0.15) is 48.9 Å². The van der Waals surface area contributed by atoms with Gasteiger partial charge in [0.1, 0.15) is 0 Å². The van der Waals surface area contributed by atoms with E-state index in [0.29, 0.717) is 17.9 Å². The zero-order valence-corrected chi connectivity index (χ0v) is 14.8. The number of amides is 1. The van der Waals surface area contributed by atoms with E-state index in [4.69, 9.17) is 4.74 Å². The number of carbonyl (C=O) groups excluding carboxylic acids is 1. The summed E-state index contributed by atoms with van der Waals surface area (Å²) in [5.41, 5.74) is 0.843. The van der Waals surface area contributed by atoms with E-state index in [9.17, 15) is 4.79 Å². The molecule has 3 aliphatic heterocycles. The summed E-state index contributed by atoms with van der Waals surface area (Å²) < 4.78 is 6.53. The number of ether oxygens (including phenoxy) is 1. The standard InChI is InChI=1S/C21H28N2O2/c24-20(15-6-2-1-3-7-15)22-12-17-18-13-23(16-8-4-5-9-16)14-21(18)11-10-19(17)25-21/h1-3,6-7,16-19H,4-5,8-14H2,(H,22,24)/t17-,18+,19+,21+/m0/s1. The lowest BCUT2D eigenvalue weighted by atomic mass is 9.73. The zero-order valence-electron chi connectivity index (χ0n) is 14.8. The van der Waals surface area contributed by atoms with E-state index in [1.54, 1.807) is 0 Å². The van der Waals surface area contributed by atoms with Gasteiger partial charge >= 0.3 is 0 Å². The lowest BCUT2D eigenvalue weighted by Crippen LogP contribution is -2.41. The summed E-state index contributed by atoms with van der Waals surface area (Å²) in [6.45, 7) is 3.05. The highest BCUT2D eigenvalue weighted by Crippen LogP contribution is 2.55. The highest BCUT2D eigenvalue weighted by atomic mass is 16.5. The van der Waals surface area contributed by atoms with Crippen LogP contribution < -0.4 is 5.32 Å². The molecule has 1 aromatic rings. The lowest BCUT2D eigenvalue weighted by molar-refractivity contribution is -0.000874. The van der Waals surface area contributed by atoms with Gasteiger partial charge in [0.15, 0.2) is 0 Å². The van der Waals surface area contributed by atoms with Gasteiger partial charge in [-0.05, 0) is 37.8 Å². The monoisotopic (exact) mass is 340 g/mol. The quantitative estimate of drug-likeness (QED) is 0.916. The molecule has 2 bridgehead atoms. The minimum absolute atomic E-state index is 0.0445. The Balaban J connectivity index is 1.26. The molecule has 1 amide bonds. The average molecular weight is 340 g/mol. The van der Waals surface area contributed by atoms with Crippen LogP contribution in [0.25, 0.3) is 0 Å². The van der Waals surface area contributed by atoms with E-state index in [2.05, 4.69) is 10.2 Å². The molecule has 1 spiro atoms. The molecule has 5 rings (SSSR count). The number of likely N-dealkylation sites (tertiary alicyclic amines) is 1. The normalized spacial score (nSPS) is 37.5. The number of carbonyl (C=O) groups is 1. The Labute approximate surface area is 149 Å². The van der Waals surface area contributed by atoms with Crippen molar-refractivity contribution in [3.8, 4) is 0 Å². The van der Waals surface area contributed by atoms with Gasteiger partial charge in [0, 0.05) is 43.1 Å². The van der Waals surface area contributed by atoms with Gasteiger partial charge in [0.2, 0.25) is 0 Å². The summed E-state index contributed by atoms with van der Waals surface area (Å²) >= 11 is 0. The molecule has 0 aromatic heterocycles. The third-order valence-corrected chi connectivity index (χ3v) is 7.19. The van der Waals surface area contributed by atoms with Crippen LogP contribution in [-0.2, 0) is 4.74 Å². The number of hydrogen-bond donors (Lipinski definition) is 1. The predicted molar refractivity (Wildman–Crippen MR) is 96.4 cm³/mol. The van der Waals surface area contributed by atoms with Crippen LogP contribution in [0.5, 0.6) is 0 Å². The fourth-order valence-corrected chi connectivity index (χ4v) is 5.95. The first kappa shape index (κ1) is 15.8. The Morgan fingerprint density at radius 1 is 1.20 bits per heavy atom. The average Bonchev–Trinajstić information content (AvgIpc) is 3.40. The molecule has 4 fully saturated rings. The summed E-state index contributed by atoms with van der Waals surface area (Å²) in [5.74, 6) is 1.12. The molecule has 1 N–H and O–H groups in total. The molecule has 3 heterocycles. The van der Waals surface area contributed by atoms with E-state index >= 15 is 0 Å². The predicted octanol–water partition coefficient (Wildman–Crippen LogP) is 2.84. The van der Waals surface area contributed by atoms with Crippen LogP contribution in [0, 0.1) is 11.8 Å². The number of nitrogens with zero attached hydrogens (tertiary/aromatic N) is 1. The van der Waals surface area contributed by atoms with Crippen molar-refractivity contribution in [1.29, 1.82) is 0 Å². The van der Waals surface area contributed by atoms with Crippen molar-refractivity contribution in [2.45, 2.75) is 56.3 Å². The Morgan fingerprint density at radius 2 is 2.00 bits per heavy atom. The van der Waals surface area contributed by atoms with Gasteiger partial charge in [0.05, 0.1) is 11.7 Å². The van der Waals surface area contributed by atoms with Gasteiger partial charge in [0.25, 0.3) is 5.91 Å². The molecule has 4 nitrogen and oxygen atoms in total. The third kappa shape index (κ3) is 2.61. The second kappa shape index (κ2) is 6.10. The molecule has 0 radical (unpaired) electrons. The van der Waals surface area contributed by atoms with Crippen molar-refractivity contribution in [2.75, 3.05) is 19.6 Å². The largest absolute Gasteiger partial charge is 0.370 e. The molecular formula is C21H28N2O2. The molecule has 4 atom stereocenters. The zero-order chi connectivity index (χ0) is 16.9. The molecule has 134 valence electrons. The van der Waals surface area contributed by atoms with Crippen LogP contribution in [0.4, 0.5) is 0 Å². The Kier molecular flexibility index (Phi) is 3.86. The highest BCUT2D eigenvalue weighted by molar-refractivity contribution is 5.94. The van der Waals surface area contributed by atoms with E-state index in [1.807, 2.05) is 30.3 Å². The van der Waals surface area contributed by atoms with Gasteiger partial charge in [-0.2, -0.15) is 0 Å². The first-order valence-corrected chi connectivity index (χ1v) is 10.0. The maximum Gasteiger partial charge on any atom is 0.251 e. The highest BCUT2D eigenvalue weighted by Gasteiger charge is 2.63. The fourth-order valence-electron chi connectivity index (χ4n) is 5.95. The minimum atomic E-state index is 0.0445. The van der Waals surface area contributed by atoms with Crippen LogP contribution in [-0.4, -0.2) is 48.2 Å². The van der Waals surface area contributed by atoms with Crippen molar-refractivity contribution >= 4 is 5.91 Å². The van der Waals surface area contributed by atoms with Gasteiger partial charge < -0.3 is 10.1 Å². The second-order valence-electron chi connectivity index (χ2n) is 8.47. The van der Waals surface area contributed by atoms with E-state index in [1.165, 1.54) is 45.1 Å². The summed E-state index contributed by atoms with van der Waals surface area (Å²) in [4.78, 5) is 15.1. The number of benzene rings is 1. The van der Waals surface area contributed by atoms with E-state index < -0.39 is 0 Å². The van der Waals surface area contributed by atoms with Crippen molar-refractivity contribution in [3.63, 3.8) is 0 Å². The summed E-state index contributed by atoms with van der Waals surface area (Å²) in [6.07, 6.45) is 8.24. The van der Waals surface area contributed by atoms with Crippen LogP contribution in [0.3, 0.4) is 0 Å². The van der Waals surface area contributed by atoms with E-state index in [0.717, 1.165) is 24.7 Å². The Bertz CT molecular complexity index is 643. The maximum absolute atomic E-state index is 12.4. The minimum Gasteiger partial charge on any atom is -0.370 e. The van der Waals surface area contributed by atoms with Gasteiger partial charge in [-0.1, -0.05) is 31.0 Å². The second-order valence-corrected chi connectivity index (χ2v) is 8.47. The SMILES string of the molecule is O=C(NC[C@H]1[C@H]2CN(C3CCCC3)C[C@]23CC[C@H]1O3)c1ccccc1. The van der Waals surface area contributed by atoms with Crippen molar-refractivity contribution in [2.24, 2.45) is 11.8 Å². The molecule has 4 aliphatic rings. The molecule has 25 heavy (non-hydrogen) atoms. The van der Waals surface area contributed by atoms with Crippen LogP contribution >= 0.6 is 0 Å². The maximum atomic E-state index is 12.4. The first-order chi connectivity index (χ1) is 12.3. The molecule has 0 unspecified atom stereocenters. The van der Waals surface area contributed by atoms with Crippen molar-refractivity contribution in [1.82, 2.24) is 10.2 Å². The number of hydrogen-bond acceptors (Lipinski definition) is 3. The van der Waals surface area contributed by atoms with Gasteiger partial charge in [-0.15, -0.1) is 0 Å². The van der Waals surface area contributed by atoms with Crippen molar-refractivity contribution in [3.05, 3.63) is 35.9 Å². The van der Waals surface area contributed by atoms with Crippen molar-refractivity contribution < 1.29 is 9.53 Å². The third-order valence-electron chi connectivity index (χ3n) is 7.19. The van der Waals surface area contributed by atoms with Crippen LogP contribution in [0.15, 0.2) is 30.3 Å². The fraction of sp³-hybridized carbons (Fsp3) is 0.667. The smallest absolute Gasteiger partial charge is 0.251 e. The summed E-state index contributed by atoms with van der Waals surface area (Å²) in [6, 6.07) is 10.3. The molecule has 4 heteroatoms. The number of rotatable bonds is 4. The van der Waals surface area contributed by atoms with Gasteiger partial charge in [-0.25, -0.2) is 0 Å². The molecule has 1 saturated carbocycles. The van der Waals surface area contributed by atoms with Gasteiger partial charge in [-0.3, -0.25) is 9.69 Å². The van der Waals surface area contributed by atoms with E-state index in [-0.39, 0.29) is 11.5 Å². The number of nitrogens with one attached hydrogen (secondary N) is 1.